The van der Waals surface area contributed by atoms with Crippen molar-refractivity contribution >= 4 is 35.3 Å². The topological polar surface area (TPSA) is 94.8 Å². The van der Waals surface area contributed by atoms with Crippen LogP contribution in [0.1, 0.15) is 11.1 Å². The number of hydrogen-bond acceptors (Lipinski definition) is 7. The van der Waals surface area contributed by atoms with Gasteiger partial charge in [0.2, 0.25) is 5.95 Å². The Morgan fingerprint density at radius 1 is 1.17 bits per heavy atom. The van der Waals surface area contributed by atoms with E-state index in [4.69, 9.17) is 11.6 Å². The van der Waals surface area contributed by atoms with Crippen LogP contribution in [-0.4, -0.2) is 37.8 Å². The zero-order valence-electron chi connectivity index (χ0n) is 18.3. The minimum atomic E-state index is -4.61. The lowest BCUT2D eigenvalue weighted by atomic mass is 10.1. The zero-order chi connectivity index (χ0) is 25.9. The third-order valence-corrected chi connectivity index (χ3v) is 5.04. The van der Waals surface area contributed by atoms with E-state index in [1.807, 2.05) is 0 Å². The monoisotopic (exact) mass is 518 g/mol. The van der Waals surface area contributed by atoms with Crippen molar-refractivity contribution in [1.29, 1.82) is 0 Å². The standard InChI is InChI=1S/C23H15ClF4N6O2/c1-36-20(35)5-2-13-6-14(9-29-8-13)17-11-30-22(32-16-3-4-19(25)18(24)7-16)33-21(17)34-12-15(10-31-34)23(26,27)28/h2-12H,1H3,(H,30,32,33)/b5-2+. The van der Waals surface area contributed by atoms with Gasteiger partial charge in [0.05, 0.1) is 23.9 Å². The van der Waals surface area contributed by atoms with E-state index in [1.165, 1.54) is 50.0 Å². The van der Waals surface area contributed by atoms with Crippen molar-refractivity contribution in [2.24, 2.45) is 0 Å². The molecule has 0 spiro atoms. The molecule has 1 aromatic carbocycles. The van der Waals surface area contributed by atoms with Crippen molar-refractivity contribution in [3.05, 3.63) is 83.3 Å². The number of methoxy groups -OCH3 is 1. The Morgan fingerprint density at radius 3 is 2.67 bits per heavy atom. The summed E-state index contributed by atoms with van der Waals surface area (Å²) in [4.78, 5) is 24.1. The lowest BCUT2D eigenvalue weighted by Crippen LogP contribution is -2.07. The van der Waals surface area contributed by atoms with E-state index in [0.717, 1.165) is 16.9 Å². The number of nitrogens with one attached hydrogen (secondary N) is 1. The second-order valence-corrected chi connectivity index (χ2v) is 7.63. The molecule has 0 aliphatic carbocycles. The van der Waals surface area contributed by atoms with Gasteiger partial charge in [-0.1, -0.05) is 11.6 Å². The molecule has 0 unspecified atom stereocenters. The van der Waals surface area contributed by atoms with Gasteiger partial charge < -0.3 is 10.1 Å². The molecule has 0 radical (unpaired) electrons. The Morgan fingerprint density at radius 2 is 1.97 bits per heavy atom. The van der Waals surface area contributed by atoms with E-state index < -0.39 is 23.5 Å². The molecule has 0 bridgehead atoms. The second kappa shape index (κ2) is 10.1. The fourth-order valence-electron chi connectivity index (χ4n) is 3.03. The maximum Gasteiger partial charge on any atom is 0.419 e. The maximum atomic E-state index is 13.5. The summed E-state index contributed by atoms with van der Waals surface area (Å²) in [6.07, 6.45) is 3.82. The minimum absolute atomic E-state index is 0.00446. The summed E-state index contributed by atoms with van der Waals surface area (Å²) in [5, 5.41) is 6.51. The fraction of sp³-hybridized carbons (Fsp3) is 0.0870. The van der Waals surface area contributed by atoms with Gasteiger partial charge in [0, 0.05) is 47.7 Å². The van der Waals surface area contributed by atoms with Gasteiger partial charge in [-0.2, -0.15) is 23.3 Å². The van der Waals surface area contributed by atoms with Crippen LogP contribution < -0.4 is 5.32 Å². The number of anilines is 2. The molecule has 3 heterocycles. The van der Waals surface area contributed by atoms with Crippen LogP contribution in [0, 0.1) is 5.82 Å². The third kappa shape index (κ3) is 5.66. The van der Waals surface area contributed by atoms with Gasteiger partial charge in [0.1, 0.15) is 5.82 Å². The summed E-state index contributed by atoms with van der Waals surface area (Å²) in [7, 11) is 1.24. The Kier molecular flexibility index (Phi) is 6.97. The highest BCUT2D eigenvalue weighted by molar-refractivity contribution is 6.31. The number of halogens is 5. The van der Waals surface area contributed by atoms with Crippen LogP contribution in [-0.2, 0) is 15.7 Å². The number of carbonyl (C=O) groups excluding carboxylic acids is 1. The van der Waals surface area contributed by atoms with Gasteiger partial charge in [0.25, 0.3) is 0 Å². The van der Waals surface area contributed by atoms with Crippen molar-refractivity contribution in [3.8, 4) is 16.9 Å². The van der Waals surface area contributed by atoms with Gasteiger partial charge in [-0.25, -0.2) is 18.9 Å². The molecule has 4 rings (SSSR count). The molecule has 184 valence electrons. The number of benzene rings is 1. The molecule has 3 aromatic heterocycles. The largest absolute Gasteiger partial charge is 0.466 e. The van der Waals surface area contributed by atoms with E-state index in [-0.39, 0.29) is 16.8 Å². The number of carbonyl (C=O) groups is 1. The Hall–Kier alpha value is -4.32. The molecule has 0 fully saturated rings. The van der Waals surface area contributed by atoms with Crippen LogP contribution in [0.3, 0.4) is 0 Å². The van der Waals surface area contributed by atoms with Gasteiger partial charge in [-0.05, 0) is 35.9 Å². The molecule has 1 N–H and O–H groups in total. The summed E-state index contributed by atoms with van der Waals surface area (Å²) in [6, 6.07) is 5.48. The van der Waals surface area contributed by atoms with E-state index >= 15 is 0 Å². The molecule has 0 aliphatic rings. The van der Waals surface area contributed by atoms with Crippen molar-refractivity contribution in [3.63, 3.8) is 0 Å². The number of rotatable bonds is 6. The first-order chi connectivity index (χ1) is 17.1. The van der Waals surface area contributed by atoms with Crippen LogP contribution in [0.15, 0.2) is 61.3 Å². The zero-order valence-corrected chi connectivity index (χ0v) is 19.0. The summed E-state index contributed by atoms with van der Waals surface area (Å²) in [5.41, 5.74) is 0.643. The van der Waals surface area contributed by atoms with Crippen LogP contribution in [0.4, 0.5) is 29.2 Å². The second-order valence-electron chi connectivity index (χ2n) is 7.22. The molecule has 13 heteroatoms. The van der Waals surface area contributed by atoms with Crippen molar-refractivity contribution in [1.82, 2.24) is 24.7 Å². The average Bonchev–Trinajstić information content (AvgIpc) is 3.36. The lowest BCUT2D eigenvalue weighted by molar-refractivity contribution is -0.137. The number of ether oxygens (including phenoxy) is 1. The highest BCUT2D eigenvalue weighted by atomic mass is 35.5. The average molecular weight is 519 g/mol. The molecule has 0 saturated heterocycles. The minimum Gasteiger partial charge on any atom is -0.466 e. The first-order valence-electron chi connectivity index (χ1n) is 10.1. The highest BCUT2D eigenvalue weighted by Crippen LogP contribution is 2.32. The molecule has 8 nitrogen and oxygen atoms in total. The first kappa shape index (κ1) is 24.8. The van der Waals surface area contributed by atoms with Crippen LogP contribution in [0.25, 0.3) is 23.0 Å². The quantitative estimate of drug-likeness (QED) is 0.205. The van der Waals surface area contributed by atoms with Crippen LogP contribution >= 0.6 is 11.6 Å². The van der Waals surface area contributed by atoms with E-state index in [0.29, 0.717) is 28.6 Å². The predicted molar refractivity (Wildman–Crippen MR) is 123 cm³/mol. The predicted octanol–water partition coefficient (Wildman–Crippen LogP) is 5.47. The molecule has 0 amide bonds. The highest BCUT2D eigenvalue weighted by Gasteiger charge is 2.32. The lowest BCUT2D eigenvalue weighted by Gasteiger charge is -2.12. The molecule has 4 aromatic rings. The normalized spacial score (nSPS) is 11.6. The first-order valence-corrected chi connectivity index (χ1v) is 10.4. The maximum absolute atomic E-state index is 13.5. The van der Waals surface area contributed by atoms with Crippen LogP contribution in [0.2, 0.25) is 5.02 Å². The van der Waals surface area contributed by atoms with Gasteiger partial charge in [0.15, 0.2) is 5.82 Å². The Balaban J connectivity index is 1.78. The van der Waals surface area contributed by atoms with Crippen LogP contribution in [0.5, 0.6) is 0 Å². The van der Waals surface area contributed by atoms with Crippen molar-refractivity contribution < 1.29 is 27.1 Å². The number of pyridine rings is 1. The molecule has 0 atom stereocenters. The smallest absolute Gasteiger partial charge is 0.419 e. The number of hydrogen-bond donors (Lipinski definition) is 1. The summed E-state index contributed by atoms with van der Waals surface area (Å²) < 4.78 is 58.6. The molecular formula is C23H15ClF4N6O2. The van der Waals surface area contributed by atoms with E-state index in [1.54, 1.807) is 6.07 Å². The molecule has 36 heavy (non-hydrogen) atoms. The van der Waals surface area contributed by atoms with Gasteiger partial charge >= 0.3 is 12.1 Å². The Labute approximate surface area is 206 Å². The van der Waals surface area contributed by atoms with Crippen molar-refractivity contribution in [2.45, 2.75) is 6.18 Å². The molecular weight excluding hydrogens is 504 g/mol. The van der Waals surface area contributed by atoms with Gasteiger partial charge in [-0.15, -0.1) is 0 Å². The molecule has 0 aliphatic heterocycles. The van der Waals surface area contributed by atoms with Gasteiger partial charge in [-0.3, -0.25) is 4.98 Å². The molecule has 0 saturated carbocycles. The summed E-state index contributed by atoms with van der Waals surface area (Å²) >= 11 is 5.81. The van der Waals surface area contributed by atoms with E-state index in [2.05, 4.69) is 30.1 Å². The SMILES string of the molecule is COC(=O)/C=C/c1cncc(-c2cnc(Nc3ccc(F)c(Cl)c3)nc2-n2cc(C(F)(F)F)cn2)c1. The summed E-state index contributed by atoms with van der Waals surface area (Å²) in [6.45, 7) is 0. The van der Waals surface area contributed by atoms with E-state index in [9.17, 15) is 22.4 Å². The fourth-order valence-corrected chi connectivity index (χ4v) is 3.21. The van der Waals surface area contributed by atoms with Crippen molar-refractivity contribution in [2.75, 3.05) is 12.4 Å². The summed E-state index contributed by atoms with van der Waals surface area (Å²) in [5.74, 6) is -1.19. The number of aromatic nitrogens is 5. The Bertz CT molecular complexity index is 1450. The number of esters is 1. The number of nitrogens with zero attached hydrogens (tertiary/aromatic N) is 5. The third-order valence-electron chi connectivity index (χ3n) is 4.75. The number of alkyl halides is 3.